The van der Waals surface area contributed by atoms with Crippen LogP contribution in [0.3, 0.4) is 0 Å². The molecular weight excluding hydrogens is 294 g/mol. The molecule has 5 heteroatoms. The van der Waals surface area contributed by atoms with E-state index in [1.165, 1.54) is 18.4 Å². The van der Waals surface area contributed by atoms with Gasteiger partial charge < -0.3 is 14.5 Å². The van der Waals surface area contributed by atoms with Crippen LogP contribution in [0.2, 0.25) is 0 Å². The Hall–Kier alpha value is -2.82. The summed E-state index contributed by atoms with van der Waals surface area (Å²) in [5.74, 6) is -0.158. The molecule has 0 bridgehead atoms. The Morgan fingerprint density at radius 2 is 2.00 bits per heavy atom. The van der Waals surface area contributed by atoms with Crippen LogP contribution in [0.15, 0.2) is 53.2 Å². The molecule has 2 rings (SSSR count). The first-order valence-electron chi connectivity index (χ1n) is 7.33. The lowest BCUT2D eigenvalue weighted by Crippen LogP contribution is -2.21. The average molecular weight is 313 g/mol. The summed E-state index contributed by atoms with van der Waals surface area (Å²) in [6.45, 7) is 3.75. The van der Waals surface area contributed by atoms with E-state index in [4.69, 9.17) is 9.15 Å². The van der Waals surface area contributed by atoms with Crippen molar-refractivity contribution in [1.29, 1.82) is 0 Å². The number of amides is 1. The third-order valence-corrected chi connectivity index (χ3v) is 3.13. The molecule has 1 N–H and O–H groups in total. The van der Waals surface area contributed by atoms with Crippen LogP contribution in [0, 0.1) is 0 Å². The predicted octanol–water partition coefficient (Wildman–Crippen LogP) is 3.60. The molecule has 1 heterocycles. The largest absolute Gasteiger partial charge is 0.465 e. The third-order valence-electron chi connectivity index (χ3n) is 3.13. The molecule has 0 aliphatic rings. The number of anilines is 1. The summed E-state index contributed by atoms with van der Waals surface area (Å²) < 4.78 is 9.95. The summed E-state index contributed by atoms with van der Waals surface area (Å²) >= 11 is 0. The van der Waals surface area contributed by atoms with Crippen molar-refractivity contribution < 1.29 is 18.7 Å². The maximum Gasteiger partial charge on any atom is 0.331 e. The molecule has 1 aromatic carbocycles. The van der Waals surface area contributed by atoms with E-state index in [1.54, 1.807) is 12.1 Å². The summed E-state index contributed by atoms with van der Waals surface area (Å²) in [6.07, 6.45) is 4.20. The fourth-order valence-corrected chi connectivity index (χ4v) is 2.02. The van der Waals surface area contributed by atoms with Crippen molar-refractivity contribution in [2.24, 2.45) is 0 Å². The highest BCUT2D eigenvalue weighted by Crippen LogP contribution is 2.23. The zero-order valence-electron chi connectivity index (χ0n) is 13.1. The molecule has 0 radical (unpaired) electrons. The van der Waals surface area contributed by atoms with Crippen molar-refractivity contribution in [1.82, 2.24) is 0 Å². The highest BCUT2D eigenvalue weighted by molar-refractivity contribution is 5.95. The lowest BCUT2D eigenvalue weighted by Gasteiger charge is -2.13. The first-order valence-corrected chi connectivity index (χ1v) is 7.33. The minimum absolute atomic E-state index is 0.283. The number of ether oxygens (including phenoxy) is 1. The van der Waals surface area contributed by atoms with Gasteiger partial charge in [0.2, 0.25) is 0 Å². The number of carbonyl (C=O) groups excluding carboxylic acids is 2. The molecule has 2 aromatic rings. The topological polar surface area (TPSA) is 68.5 Å². The highest BCUT2D eigenvalue weighted by Gasteiger charge is 2.10. The Morgan fingerprint density at radius 3 is 2.70 bits per heavy atom. The molecule has 5 nitrogen and oxygen atoms in total. The zero-order chi connectivity index (χ0) is 16.7. The van der Waals surface area contributed by atoms with Gasteiger partial charge in [0.1, 0.15) is 5.76 Å². The monoisotopic (exact) mass is 313 g/mol. The normalized spacial score (nSPS) is 10.9. The van der Waals surface area contributed by atoms with E-state index in [0.29, 0.717) is 5.76 Å². The Bertz CT molecular complexity index is 687. The van der Waals surface area contributed by atoms with Crippen molar-refractivity contribution in [3.8, 4) is 0 Å². The van der Waals surface area contributed by atoms with E-state index in [2.05, 4.69) is 5.32 Å². The van der Waals surface area contributed by atoms with Crippen LogP contribution >= 0.6 is 0 Å². The van der Waals surface area contributed by atoms with Crippen LogP contribution < -0.4 is 5.32 Å². The minimum Gasteiger partial charge on any atom is -0.465 e. The van der Waals surface area contributed by atoms with Crippen molar-refractivity contribution >= 4 is 23.6 Å². The first-order chi connectivity index (χ1) is 11.1. The maximum atomic E-state index is 11.9. The third kappa shape index (κ3) is 5.14. The van der Waals surface area contributed by atoms with Gasteiger partial charge in [-0.3, -0.25) is 4.79 Å². The lowest BCUT2D eigenvalue weighted by atomic mass is 10.0. The standard InChI is InChI=1S/C18H19NO4/c1-13(2)15-7-3-4-8-16(15)19-17(20)12-23-18(21)10-9-14-6-5-11-22-14/h3-11,13H,12H2,1-2H3,(H,19,20). The Morgan fingerprint density at radius 1 is 1.22 bits per heavy atom. The van der Waals surface area contributed by atoms with E-state index in [0.717, 1.165) is 11.3 Å². The summed E-state index contributed by atoms with van der Waals surface area (Å²) in [6, 6.07) is 11.0. The SMILES string of the molecule is CC(C)c1ccccc1NC(=O)COC(=O)C=Cc1ccco1. The van der Waals surface area contributed by atoms with E-state index in [9.17, 15) is 9.59 Å². The fraction of sp³-hybridized carbons (Fsp3) is 0.222. The van der Waals surface area contributed by atoms with Gasteiger partial charge in [0, 0.05) is 11.8 Å². The van der Waals surface area contributed by atoms with Crippen LogP contribution in [0.1, 0.15) is 31.1 Å². The summed E-state index contributed by atoms with van der Waals surface area (Å²) in [5, 5.41) is 2.76. The predicted molar refractivity (Wildman–Crippen MR) is 87.9 cm³/mol. The van der Waals surface area contributed by atoms with Crippen LogP contribution in [-0.4, -0.2) is 18.5 Å². The number of carbonyl (C=O) groups is 2. The van der Waals surface area contributed by atoms with Gasteiger partial charge in [0.15, 0.2) is 6.61 Å². The molecule has 1 amide bonds. The van der Waals surface area contributed by atoms with Gasteiger partial charge in [-0.25, -0.2) is 4.79 Å². The molecule has 0 spiro atoms. The quantitative estimate of drug-likeness (QED) is 0.653. The van der Waals surface area contributed by atoms with Crippen LogP contribution in [0.4, 0.5) is 5.69 Å². The lowest BCUT2D eigenvalue weighted by molar-refractivity contribution is -0.142. The maximum absolute atomic E-state index is 11.9. The second-order valence-corrected chi connectivity index (χ2v) is 5.25. The Balaban J connectivity index is 1.85. The molecule has 0 aliphatic carbocycles. The molecule has 120 valence electrons. The van der Waals surface area contributed by atoms with Gasteiger partial charge >= 0.3 is 5.97 Å². The minimum atomic E-state index is -0.603. The molecule has 1 aromatic heterocycles. The number of benzene rings is 1. The number of esters is 1. The second kappa shape index (κ2) is 7.98. The van der Waals surface area contributed by atoms with E-state index in [1.807, 2.05) is 38.1 Å². The van der Waals surface area contributed by atoms with E-state index < -0.39 is 5.97 Å². The summed E-state index contributed by atoms with van der Waals surface area (Å²) in [7, 11) is 0. The van der Waals surface area contributed by atoms with Crippen molar-refractivity contribution in [3.05, 3.63) is 60.1 Å². The zero-order valence-corrected chi connectivity index (χ0v) is 13.1. The molecule has 0 aliphatic heterocycles. The van der Waals surface area contributed by atoms with Gasteiger partial charge in [0.05, 0.1) is 6.26 Å². The van der Waals surface area contributed by atoms with Gasteiger partial charge in [0.25, 0.3) is 5.91 Å². The number of hydrogen-bond donors (Lipinski definition) is 1. The van der Waals surface area contributed by atoms with Crippen molar-refractivity contribution in [3.63, 3.8) is 0 Å². The summed E-state index contributed by atoms with van der Waals surface area (Å²) in [4.78, 5) is 23.4. The first kappa shape index (κ1) is 16.5. The fourth-order valence-electron chi connectivity index (χ4n) is 2.02. The second-order valence-electron chi connectivity index (χ2n) is 5.25. The molecule has 0 saturated heterocycles. The van der Waals surface area contributed by atoms with Gasteiger partial charge in [-0.1, -0.05) is 32.0 Å². The average Bonchev–Trinajstić information content (AvgIpc) is 3.04. The molecule has 0 unspecified atom stereocenters. The Kier molecular flexibility index (Phi) is 5.74. The molecule has 0 saturated carbocycles. The highest BCUT2D eigenvalue weighted by atomic mass is 16.5. The van der Waals surface area contributed by atoms with Crippen molar-refractivity contribution in [2.45, 2.75) is 19.8 Å². The van der Waals surface area contributed by atoms with E-state index in [-0.39, 0.29) is 18.4 Å². The number of para-hydroxylation sites is 1. The Labute approximate surface area is 134 Å². The molecule has 23 heavy (non-hydrogen) atoms. The van der Waals surface area contributed by atoms with Gasteiger partial charge in [-0.15, -0.1) is 0 Å². The molecular formula is C18H19NO4. The van der Waals surface area contributed by atoms with Crippen LogP contribution in [0.5, 0.6) is 0 Å². The van der Waals surface area contributed by atoms with Gasteiger partial charge in [-0.05, 0) is 35.8 Å². The number of furan rings is 1. The van der Waals surface area contributed by atoms with E-state index >= 15 is 0 Å². The number of nitrogens with one attached hydrogen (secondary N) is 1. The number of hydrogen-bond acceptors (Lipinski definition) is 4. The van der Waals surface area contributed by atoms with Crippen LogP contribution in [-0.2, 0) is 14.3 Å². The van der Waals surface area contributed by atoms with Crippen LogP contribution in [0.25, 0.3) is 6.08 Å². The van der Waals surface area contributed by atoms with Crippen molar-refractivity contribution in [2.75, 3.05) is 11.9 Å². The summed E-state index contributed by atoms with van der Waals surface area (Å²) in [5.41, 5.74) is 1.76. The molecule has 0 fully saturated rings. The molecule has 0 atom stereocenters. The smallest absolute Gasteiger partial charge is 0.331 e. The van der Waals surface area contributed by atoms with Gasteiger partial charge in [-0.2, -0.15) is 0 Å². The number of rotatable bonds is 6.